The van der Waals surface area contributed by atoms with E-state index in [4.69, 9.17) is 5.26 Å². The van der Waals surface area contributed by atoms with Crippen molar-refractivity contribution in [2.75, 3.05) is 17.7 Å². The van der Waals surface area contributed by atoms with Crippen LogP contribution >= 0.6 is 0 Å². The summed E-state index contributed by atoms with van der Waals surface area (Å²) in [5, 5.41) is 25.4. The summed E-state index contributed by atoms with van der Waals surface area (Å²) in [7, 11) is 1.57. The SMILES string of the molecule is CNc1ccc(C=C(C#N)C(=O)Nc2ccccn2)cc1[N+](=O)[O-]. The third-order valence-electron chi connectivity index (χ3n) is 3.07. The molecular formula is C16H13N5O3. The average Bonchev–Trinajstić information content (AvgIpc) is 2.60. The molecule has 0 unspecified atom stereocenters. The molecule has 0 atom stereocenters. The number of amides is 1. The van der Waals surface area contributed by atoms with Crippen LogP contribution < -0.4 is 10.6 Å². The highest BCUT2D eigenvalue weighted by atomic mass is 16.6. The van der Waals surface area contributed by atoms with Crippen molar-refractivity contribution in [1.82, 2.24) is 4.98 Å². The molecule has 0 saturated heterocycles. The Hall–Kier alpha value is -3.73. The first-order chi connectivity index (χ1) is 11.5. The zero-order chi connectivity index (χ0) is 17.5. The third kappa shape index (κ3) is 3.92. The fourth-order valence-electron chi connectivity index (χ4n) is 1.94. The van der Waals surface area contributed by atoms with Crippen molar-refractivity contribution < 1.29 is 9.72 Å². The molecule has 0 saturated carbocycles. The summed E-state index contributed by atoms with van der Waals surface area (Å²) in [4.78, 5) is 26.6. The van der Waals surface area contributed by atoms with E-state index in [0.29, 0.717) is 17.1 Å². The number of hydrogen-bond acceptors (Lipinski definition) is 6. The first-order valence-corrected chi connectivity index (χ1v) is 6.85. The number of anilines is 2. The van der Waals surface area contributed by atoms with Crippen LogP contribution in [-0.2, 0) is 4.79 Å². The van der Waals surface area contributed by atoms with E-state index in [1.807, 2.05) is 0 Å². The van der Waals surface area contributed by atoms with Gasteiger partial charge in [0.15, 0.2) is 0 Å². The number of carbonyl (C=O) groups excluding carboxylic acids is 1. The number of nitriles is 1. The minimum Gasteiger partial charge on any atom is -0.383 e. The van der Waals surface area contributed by atoms with Crippen LogP contribution in [0.1, 0.15) is 5.56 Å². The molecule has 0 aliphatic rings. The van der Waals surface area contributed by atoms with E-state index in [2.05, 4.69) is 15.6 Å². The summed E-state index contributed by atoms with van der Waals surface area (Å²) >= 11 is 0. The third-order valence-corrected chi connectivity index (χ3v) is 3.07. The first kappa shape index (κ1) is 16.6. The number of aromatic nitrogens is 1. The van der Waals surface area contributed by atoms with Crippen LogP contribution in [-0.4, -0.2) is 22.9 Å². The van der Waals surface area contributed by atoms with Crippen LogP contribution in [0.5, 0.6) is 0 Å². The van der Waals surface area contributed by atoms with Gasteiger partial charge in [0.05, 0.1) is 4.92 Å². The van der Waals surface area contributed by atoms with Crippen LogP contribution in [0, 0.1) is 21.4 Å². The Morgan fingerprint density at radius 3 is 2.75 bits per heavy atom. The molecule has 0 spiro atoms. The predicted octanol–water partition coefficient (Wildman–Crippen LogP) is 2.58. The second-order valence-electron chi connectivity index (χ2n) is 4.62. The zero-order valence-electron chi connectivity index (χ0n) is 12.7. The summed E-state index contributed by atoms with van der Waals surface area (Å²) in [5.41, 5.74) is 0.378. The minimum atomic E-state index is -0.642. The van der Waals surface area contributed by atoms with E-state index in [9.17, 15) is 14.9 Å². The van der Waals surface area contributed by atoms with Crippen molar-refractivity contribution >= 4 is 29.2 Å². The maximum Gasteiger partial charge on any atom is 0.292 e. The molecule has 0 aliphatic carbocycles. The van der Waals surface area contributed by atoms with Gasteiger partial charge in [0.2, 0.25) is 0 Å². The minimum absolute atomic E-state index is 0.145. The van der Waals surface area contributed by atoms with E-state index in [0.717, 1.165) is 0 Å². The predicted molar refractivity (Wildman–Crippen MR) is 89.1 cm³/mol. The first-order valence-electron chi connectivity index (χ1n) is 6.85. The lowest BCUT2D eigenvalue weighted by molar-refractivity contribution is -0.384. The molecule has 8 nitrogen and oxygen atoms in total. The van der Waals surface area contributed by atoms with Gasteiger partial charge in [-0.2, -0.15) is 5.26 Å². The number of nitro benzene ring substituents is 1. The Labute approximate surface area is 137 Å². The average molecular weight is 323 g/mol. The van der Waals surface area contributed by atoms with E-state index in [1.165, 1.54) is 24.4 Å². The highest BCUT2D eigenvalue weighted by Gasteiger charge is 2.15. The van der Waals surface area contributed by atoms with Gasteiger partial charge in [-0.1, -0.05) is 12.1 Å². The van der Waals surface area contributed by atoms with Gasteiger partial charge in [-0.15, -0.1) is 0 Å². The smallest absolute Gasteiger partial charge is 0.292 e. The molecular weight excluding hydrogens is 310 g/mol. The summed E-state index contributed by atoms with van der Waals surface area (Å²) in [6.45, 7) is 0. The van der Waals surface area contributed by atoms with Crippen molar-refractivity contribution in [3.05, 3.63) is 63.8 Å². The lowest BCUT2D eigenvalue weighted by Crippen LogP contribution is -2.14. The topological polar surface area (TPSA) is 121 Å². The Morgan fingerprint density at radius 1 is 1.38 bits per heavy atom. The fourth-order valence-corrected chi connectivity index (χ4v) is 1.94. The second kappa shape index (κ2) is 7.51. The molecule has 2 N–H and O–H groups in total. The van der Waals surface area contributed by atoms with Gasteiger partial charge in [0.25, 0.3) is 11.6 Å². The molecule has 2 aromatic rings. The number of hydrogen-bond donors (Lipinski definition) is 2. The number of nitrogens with zero attached hydrogens (tertiary/aromatic N) is 3. The molecule has 1 amide bonds. The maximum absolute atomic E-state index is 12.1. The fraction of sp³-hybridized carbons (Fsp3) is 0.0625. The Kier molecular flexibility index (Phi) is 5.20. The normalized spacial score (nSPS) is 10.6. The van der Waals surface area contributed by atoms with Crippen molar-refractivity contribution in [2.45, 2.75) is 0 Å². The Bertz CT molecular complexity index is 841. The molecule has 8 heteroatoms. The van der Waals surface area contributed by atoms with Crippen LogP contribution in [0.25, 0.3) is 6.08 Å². The molecule has 2 rings (SSSR count). The standard InChI is InChI=1S/C16H13N5O3/c1-18-13-6-5-11(9-14(13)21(23)24)8-12(10-17)16(22)20-15-4-2-3-7-19-15/h2-9,18H,1H3,(H,19,20,22). The van der Waals surface area contributed by atoms with E-state index in [-0.39, 0.29) is 11.3 Å². The molecule has 0 aliphatic heterocycles. The van der Waals surface area contributed by atoms with Gasteiger partial charge in [-0.25, -0.2) is 4.98 Å². The maximum atomic E-state index is 12.1. The van der Waals surface area contributed by atoms with Gasteiger partial charge >= 0.3 is 0 Å². The molecule has 0 fully saturated rings. The van der Waals surface area contributed by atoms with Gasteiger partial charge in [0, 0.05) is 19.3 Å². The highest BCUT2D eigenvalue weighted by molar-refractivity contribution is 6.09. The number of nitro groups is 1. The number of benzene rings is 1. The molecule has 1 heterocycles. The molecule has 1 aromatic carbocycles. The molecule has 120 valence electrons. The summed E-state index contributed by atoms with van der Waals surface area (Å²) in [5.74, 6) is -0.336. The number of rotatable bonds is 5. The van der Waals surface area contributed by atoms with Crippen LogP contribution in [0.4, 0.5) is 17.2 Å². The molecule has 0 bridgehead atoms. The Balaban J connectivity index is 2.30. The van der Waals surface area contributed by atoms with Crippen molar-refractivity contribution in [1.29, 1.82) is 5.26 Å². The number of nitrogens with one attached hydrogen (secondary N) is 2. The quantitative estimate of drug-likeness (QED) is 0.377. The number of pyridine rings is 1. The molecule has 1 aromatic heterocycles. The summed E-state index contributed by atoms with van der Waals surface area (Å²) in [6.07, 6.45) is 2.79. The van der Waals surface area contributed by atoms with Gasteiger partial charge in [0.1, 0.15) is 23.1 Å². The zero-order valence-corrected chi connectivity index (χ0v) is 12.7. The van der Waals surface area contributed by atoms with Crippen LogP contribution in [0.3, 0.4) is 0 Å². The van der Waals surface area contributed by atoms with Gasteiger partial charge in [-0.05, 0) is 29.8 Å². The monoisotopic (exact) mass is 323 g/mol. The largest absolute Gasteiger partial charge is 0.383 e. The second-order valence-corrected chi connectivity index (χ2v) is 4.62. The van der Waals surface area contributed by atoms with E-state index < -0.39 is 10.8 Å². The van der Waals surface area contributed by atoms with Crippen LogP contribution in [0.15, 0.2) is 48.2 Å². The lowest BCUT2D eigenvalue weighted by atomic mass is 10.1. The van der Waals surface area contributed by atoms with Crippen molar-refractivity contribution in [2.24, 2.45) is 0 Å². The molecule has 24 heavy (non-hydrogen) atoms. The highest BCUT2D eigenvalue weighted by Crippen LogP contribution is 2.26. The van der Waals surface area contributed by atoms with Gasteiger partial charge < -0.3 is 10.6 Å². The number of carbonyl (C=O) groups is 1. The van der Waals surface area contributed by atoms with E-state index >= 15 is 0 Å². The summed E-state index contributed by atoms with van der Waals surface area (Å²) < 4.78 is 0. The lowest BCUT2D eigenvalue weighted by Gasteiger charge is -2.04. The molecule has 0 radical (unpaired) electrons. The Morgan fingerprint density at radius 2 is 2.17 bits per heavy atom. The summed E-state index contributed by atoms with van der Waals surface area (Å²) in [6, 6.07) is 11.1. The van der Waals surface area contributed by atoms with Gasteiger partial charge in [-0.3, -0.25) is 14.9 Å². The van der Waals surface area contributed by atoms with Crippen molar-refractivity contribution in [3.8, 4) is 6.07 Å². The van der Waals surface area contributed by atoms with E-state index in [1.54, 1.807) is 37.4 Å². The van der Waals surface area contributed by atoms with Crippen molar-refractivity contribution in [3.63, 3.8) is 0 Å². The van der Waals surface area contributed by atoms with Crippen LogP contribution in [0.2, 0.25) is 0 Å².